The molecule has 0 saturated heterocycles. The number of aryl methyl sites for hydroxylation is 2. The maximum Gasteiger partial charge on any atom is 0.337 e. The van der Waals surface area contributed by atoms with Gasteiger partial charge in [-0.3, -0.25) is 9.78 Å². The van der Waals surface area contributed by atoms with Crippen LogP contribution in [-0.2, 0) is 6.42 Å². The molecule has 5 nitrogen and oxygen atoms in total. The first kappa shape index (κ1) is 17.1. The molecule has 0 radical (unpaired) electrons. The summed E-state index contributed by atoms with van der Waals surface area (Å²) in [5.41, 5.74) is 1.92. The molecule has 130 valence electrons. The van der Waals surface area contributed by atoms with Crippen LogP contribution in [0.15, 0.2) is 30.5 Å². The van der Waals surface area contributed by atoms with E-state index in [-0.39, 0.29) is 28.4 Å². The van der Waals surface area contributed by atoms with E-state index in [1.54, 1.807) is 26.0 Å². The minimum Gasteiger partial charge on any atom is -0.478 e. The quantitative estimate of drug-likeness (QED) is 0.875. The standard InChI is InChI=1S/C19H19FN2O3/c1-11-7-13(3-4-16(11)20)9-19(5-6-19)22-17(23)15-8-14(18(24)25)10-21-12(15)2/h3-4,7-8,10H,5-6,9H2,1-2H3,(H,22,23)(H,24,25). The number of carbonyl (C=O) groups excluding carboxylic acids is 1. The normalized spacial score (nSPS) is 14.8. The van der Waals surface area contributed by atoms with Crippen LogP contribution < -0.4 is 5.32 Å². The van der Waals surface area contributed by atoms with Crippen LogP contribution >= 0.6 is 0 Å². The lowest BCUT2D eigenvalue weighted by Crippen LogP contribution is -2.39. The summed E-state index contributed by atoms with van der Waals surface area (Å²) in [5.74, 6) is -1.70. The molecule has 0 bridgehead atoms. The maximum atomic E-state index is 13.4. The van der Waals surface area contributed by atoms with Gasteiger partial charge < -0.3 is 10.4 Å². The number of carboxylic acids is 1. The van der Waals surface area contributed by atoms with E-state index in [0.717, 1.165) is 18.4 Å². The van der Waals surface area contributed by atoms with Crippen molar-refractivity contribution >= 4 is 11.9 Å². The molecule has 1 aliphatic carbocycles. The molecular weight excluding hydrogens is 323 g/mol. The summed E-state index contributed by atoms with van der Waals surface area (Å²) in [5, 5.41) is 12.1. The largest absolute Gasteiger partial charge is 0.478 e. The predicted molar refractivity (Wildman–Crippen MR) is 90.2 cm³/mol. The van der Waals surface area contributed by atoms with Gasteiger partial charge in [0.15, 0.2) is 0 Å². The van der Waals surface area contributed by atoms with Gasteiger partial charge >= 0.3 is 5.97 Å². The Kier molecular flexibility index (Phi) is 4.29. The Morgan fingerprint density at radius 2 is 2.00 bits per heavy atom. The Balaban J connectivity index is 1.77. The number of nitrogens with one attached hydrogen (secondary N) is 1. The Morgan fingerprint density at radius 1 is 1.28 bits per heavy atom. The summed E-state index contributed by atoms with van der Waals surface area (Å²) in [7, 11) is 0. The van der Waals surface area contributed by atoms with E-state index >= 15 is 0 Å². The van der Waals surface area contributed by atoms with Gasteiger partial charge in [-0.2, -0.15) is 0 Å². The van der Waals surface area contributed by atoms with Crippen molar-refractivity contribution in [3.8, 4) is 0 Å². The summed E-state index contributed by atoms with van der Waals surface area (Å²) in [6, 6.07) is 6.30. The monoisotopic (exact) mass is 342 g/mol. The summed E-state index contributed by atoms with van der Waals surface area (Å²) in [6.07, 6.45) is 3.52. The number of hydrogen-bond donors (Lipinski definition) is 2. The van der Waals surface area contributed by atoms with Gasteiger partial charge in [0.2, 0.25) is 0 Å². The molecule has 1 aromatic carbocycles. The molecule has 0 spiro atoms. The van der Waals surface area contributed by atoms with Crippen molar-refractivity contribution in [1.82, 2.24) is 10.3 Å². The number of aromatic carboxylic acids is 1. The molecule has 3 rings (SSSR count). The molecule has 0 atom stereocenters. The van der Waals surface area contributed by atoms with Crippen LogP contribution in [0, 0.1) is 19.7 Å². The van der Waals surface area contributed by atoms with Gasteiger partial charge in [-0.15, -0.1) is 0 Å². The van der Waals surface area contributed by atoms with Crippen molar-refractivity contribution in [2.75, 3.05) is 0 Å². The number of nitrogens with zero attached hydrogens (tertiary/aromatic N) is 1. The molecule has 1 fully saturated rings. The van der Waals surface area contributed by atoms with Gasteiger partial charge in [0.25, 0.3) is 5.91 Å². The number of aromatic nitrogens is 1. The van der Waals surface area contributed by atoms with Crippen LogP contribution in [0.25, 0.3) is 0 Å². The van der Waals surface area contributed by atoms with Gasteiger partial charge in [0.05, 0.1) is 16.8 Å². The van der Waals surface area contributed by atoms with Gasteiger partial charge in [-0.1, -0.05) is 12.1 Å². The summed E-state index contributed by atoms with van der Waals surface area (Å²) in [6.45, 7) is 3.38. The lowest BCUT2D eigenvalue weighted by Gasteiger charge is -2.19. The van der Waals surface area contributed by atoms with Crippen molar-refractivity contribution in [3.05, 3.63) is 64.2 Å². The van der Waals surface area contributed by atoms with E-state index in [1.165, 1.54) is 18.3 Å². The average molecular weight is 342 g/mol. The molecule has 6 heteroatoms. The van der Waals surface area contributed by atoms with Crippen LogP contribution in [0.5, 0.6) is 0 Å². The Morgan fingerprint density at radius 3 is 2.60 bits per heavy atom. The molecule has 2 N–H and O–H groups in total. The number of rotatable bonds is 5. The zero-order valence-electron chi connectivity index (χ0n) is 14.1. The van der Waals surface area contributed by atoms with Crippen LogP contribution in [0.2, 0.25) is 0 Å². The Labute approximate surface area is 144 Å². The third kappa shape index (κ3) is 3.68. The van der Waals surface area contributed by atoms with Crippen molar-refractivity contribution in [3.63, 3.8) is 0 Å². The third-order valence-corrected chi connectivity index (χ3v) is 4.58. The molecule has 1 aliphatic rings. The number of amides is 1. The molecule has 1 amide bonds. The summed E-state index contributed by atoms with van der Waals surface area (Å²) >= 11 is 0. The lowest BCUT2D eigenvalue weighted by atomic mass is 10.0. The molecule has 2 aromatic rings. The predicted octanol–water partition coefficient (Wildman–Crippen LogP) is 3.04. The highest BCUT2D eigenvalue weighted by Gasteiger charge is 2.44. The fourth-order valence-electron chi connectivity index (χ4n) is 2.89. The van der Waals surface area contributed by atoms with E-state index in [2.05, 4.69) is 10.3 Å². The van der Waals surface area contributed by atoms with E-state index in [1.807, 2.05) is 0 Å². The number of benzene rings is 1. The minimum absolute atomic E-state index is 0.0187. The van der Waals surface area contributed by atoms with Crippen LogP contribution in [0.3, 0.4) is 0 Å². The highest BCUT2D eigenvalue weighted by molar-refractivity contribution is 5.98. The van der Waals surface area contributed by atoms with Gasteiger partial charge in [-0.25, -0.2) is 9.18 Å². The maximum absolute atomic E-state index is 13.4. The number of hydrogen-bond acceptors (Lipinski definition) is 3. The Bertz CT molecular complexity index is 860. The van der Waals surface area contributed by atoms with Crippen molar-refractivity contribution in [1.29, 1.82) is 0 Å². The second-order valence-electron chi connectivity index (χ2n) is 6.66. The molecule has 1 saturated carbocycles. The molecule has 1 aromatic heterocycles. The zero-order valence-corrected chi connectivity index (χ0v) is 14.1. The van der Waals surface area contributed by atoms with Crippen LogP contribution in [0.4, 0.5) is 4.39 Å². The van der Waals surface area contributed by atoms with Gasteiger partial charge in [-0.05, 0) is 56.4 Å². The minimum atomic E-state index is -1.12. The topological polar surface area (TPSA) is 79.3 Å². The van der Waals surface area contributed by atoms with E-state index in [9.17, 15) is 14.0 Å². The van der Waals surface area contributed by atoms with Crippen molar-refractivity contribution in [2.45, 2.75) is 38.6 Å². The van der Waals surface area contributed by atoms with Gasteiger partial charge in [0, 0.05) is 11.7 Å². The van der Waals surface area contributed by atoms with E-state index < -0.39 is 5.97 Å². The number of halogens is 1. The molecule has 25 heavy (non-hydrogen) atoms. The SMILES string of the molecule is Cc1cc(CC2(NC(=O)c3cc(C(=O)O)cnc3C)CC2)ccc1F. The summed E-state index contributed by atoms with van der Waals surface area (Å²) < 4.78 is 13.4. The van der Waals surface area contributed by atoms with Crippen LogP contribution in [0.1, 0.15) is 50.4 Å². The molecule has 1 heterocycles. The van der Waals surface area contributed by atoms with Crippen molar-refractivity contribution in [2.24, 2.45) is 0 Å². The second kappa shape index (κ2) is 6.27. The fourth-order valence-corrected chi connectivity index (χ4v) is 2.89. The fraction of sp³-hybridized carbons (Fsp3) is 0.316. The highest BCUT2D eigenvalue weighted by atomic mass is 19.1. The first-order valence-corrected chi connectivity index (χ1v) is 8.07. The summed E-state index contributed by atoms with van der Waals surface area (Å²) in [4.78, 5) is 27.7. The van der Waals surface area contributed by atoms with Gasteiger partial charge in [0.1, 0.15) is 5.82 Å². The molecule has 0 aliphatic heterocycles. The molecule has 0 unspecified atom stereocenters. The van der Waals surface area contributed by atoms with Crippen molar-refractivity contribution < 1.29 is 19.1 Å². The molecular formula is C19H19FN2O3. The number of carboxylic acid groups (broad SMARTS) is 1. The smallest absolute Gasteiger partial charge is 0.337 e. The highest BCUT2D eigenvalue weighted by Crippen LogP contribution is 2.39. The van der Waals surface area contributed by atoms with E-state index in [4.69, 9.17) is 5.11 Å². The lowest BCUT2D eigenvalue weighted by molar-refractivity contribution is 0.0696. The third-order valence-electron chi connectivity index (χ3n) is 4.58. The van der Waals surface area contributed by atoms with Crippen LogP contribution in [-0.4, -0.2) is 27.5 Å². The number of carbonyl (C=O) groups is 2. The van der Waals surface area contributed by atoms with E-state index in [0.29, 0.717) is 17.7 Å². The zero-order chi connectivity index (χ0) is 18.2. The first-order chi connectivity index (χ1) is 11.8. The average Bonchev–Trinajstić information content (AvgIpc) is 3.30. The number of pyridine rings is 1. The first-order valence-electron chi connectivity index (χ1n) is 8.07. The second-order valence-corrected chi connectivity index (χ2v) is 6.66. The Hall–Kier alpha value is -2.76.